The molecular formula is C19H16N2O5S2. The van der Waals surface area contributed by atoms with Gasteiger partial charge in [0.15, 0.2) is 0 Å². The number of hydrogen-bond acceptors (Lipinski definition) is 7. The van der Waals surface area contributed by atoms with Gasteiger partial charge in [0.05, 0.1) is 22.5 Å². The van der Waals surface area contributed by atoms with Crippen LogP contribution < -0.4 is 0 Å². The van der Waals surface area contributed by atoms with Crippen LogP contribution in [0.1, 0.15) is 18.6 Å². The molecule has 1 atom stereocenters. The van der Waals surface area contributed by atoms with Gasteiger partial charge in [-0.2, -0.15) is 0 Å². The Labute approximate surface area is 170 Å². The number of benzene rings is 1. The fourth-order valence-corrected chi connectivity index (χ4v) is 4.37. The lowest BCUT2D eigenvalue weighted by atomic mass is 10.1. The summed E-state index contributed by atoms with van der Waals surface area (Å²) in [5.41, 5.74) is 0.738. The number of rotatable bonds is 5. The number of ether oxygens (including phenoxy) is 1. The highest BCUT2D eigenvalue weighted by molar-refractivity contribution is 8.26. The number of nitro benzene ring substituents is 1. The van der Waals surface area contributed by atoms with Crippen LogP contribution in [0.3, 0.4) is 0 Å². The Balaban J connectivity index is 1.49. The average molecular weight is 416 g/mol. The maximum absolute atomic E-state index is 12.7. The van der Waals surface area contributed by atoms with Gasteiger partial charge in [0.1, 0.15) is 15.8 Å². The molecule has 0 bridgehead atoms. The van der Waals surface area contributed by atoms with E-state index in [2.05, 4.69) is 0 Å². The van der Waals surface area contributed by atoms with Crippen LogP contribution in [-0.2, 0) is 9.53 Å². The van der Waals surface area contributed by atoms with Crippen molar-refractivity contribution in [2.24, 2.45) is 0 Å². The fourth-order valence-electron chi connectivity index (χ4n) is 3.11. The molecule has 0 N–H and O–H groups in total. The quantitative estimate of drug-likeness (QED) is 0.312. The van der Waals surface area contributed by atoms with Gasteiger partial charge in [0.25, 0.3) is 11.6 Å². The zero-order valence-electron chi connectivity index (χ0n) is 14.7. The normalized spacial score (nSPS) is 21.1. The van der Waals surface area contributed by atoms with Gasteiger partial charge in [0.2, 0.25) is 0 Å². The second kappa shape index (κ2) is 7.86. The summed E-state index contributed by atoms with van der Waals surface area (Å²) in [4.78, 5) is 25.1. The third kappa shape index (κ3) is 3.87. The van der Waals surface area contributed by atoms with Crippen molar-refractivity contribution < 1.29 is 18.9 Å². The van der Waals surface area contributed by atoms with Crippen LogP contribution >= 0.6 is 24.0 Å². The number of amides is 1. The molecule has 1 aromatic heterocycles. The van der Waals surface area contributed by atoms with E-state index in [1.54, 1.807) is 35.2 Å². The molecule has 4 rings (SSSR count). The van der Waals surface area contributed by atoms with Crippen LogP contribution in [-0.4, -0.2) is 39.3 Å². The second-order valence-corrected chi connectivity index (χ2v) is 8.11. The van der Waals surface area contributed by atoms with E-state index in [0.717, 1.165) is 25.0 Å². The van der Waals surface area contributed by atoms with Crippen molar-refractivity contribution in [3.8, 4) is 11.3 Å². The van der Waals surface area contributed by atoms with Crippen molar-refractivity contribution in [1.29, 1.82) is 0 Å². The molecule has 1 unspecified atom stereocenters. The number of nitrogens with zero attached hydrogens (tertiary/aromatic N) is 2. The van der Waals surface area contributed by atoms with Gasteiger partial charge in [-0.3, -0.25) is 19.8 Å². The molecule has 0 spiro atoms. The molecule has 2 aliphatic rings. The number of furan rings is 1. The third-order valence-corrected chi connectivity index (χ3v) is 5.92. The van der Waals surface area contributed by atoms with Crippen LogP contribution in [0.5, 0.6) is 0 Å². The molecule has 2 aliphatic heterocycles. The summed E-state index contributed by atoms with van der Waals surface area (Å²) in [7, 11) is 0. The summed E-state index contributed by atoms with van der Waals surface area (Å²) < 4.78 is 11.9. The Kier molecular flexibility index (Phi) is 5.29. The predicted octanol–water partition coefficient (Wildman–Crippen LogP) is 4.24. The summed E-state index contributed by atoms with van der Waals surface area (Å²) in [6.45, 7) is 1.21. The number of thioether (sulfide) groups is 1. The van der Waals surface area contributed by atoms with E-state index in [1.807, 2.05) is 0 Å². The number of carbonyl (C=O) groups is 1. The molecule has 2 saturated heterocycles. The molecule has 1 aromatic carbocycles. The lowest BCUT2D eigenvalue weighted by Gasteiger charge is -2.18. The number of hydrogen-bond donors (Lipinski definition) is 0. The van der Waals surface area contributed by atoms with Crippen molar-refractivity contribution in [3.63, 3.8) is 0 Å². The monoisotopic (exact) mass is 416 g/mol. The van der Waals surface area contributed by atoms with Gasteiger partial charge < -0.3 is 9.15 Å². The zero-order valence-corrected chi connectivity index (χ0v) is 16.3. The highest BCUT2D eigenvalue weighted by Gasteiger charge is 2.34. The van der Waals surface area contributed by atoms with Crippen LogP contribution in [0.2, 0.25) is 0 Å². The number of carbonyl (C=O) groups excluding carboxylic acids is 1. The first kappa shape index (κ1) is 18.9. The molecule has 2 aromatic rings. The van der Waals surface area contributed by atoms with Gasteiger partial charge in [-0.15, -0.1) is 0 Å². The van der Waals surface area contributed by atoms with Gasteiger partial charge in [-0.05, 0) is 37.1 Å². The smallest absolute Gasteiger partial charge is 0.269 e. The number of non-ortho nitro benzene ring substituents is 1. The van der Waals surface area contributed by atoms with E-state index < -0.39 is 4.92 Å². The number of nitro groups is 1. The maximum atomic E-state index is 12.7. The molecule has 3 heterocycles. The minimum atomic E-state index is -0.448. The first-order valence-corrected chi connectivity index (χ1v) is 9.95. The SMILES string of the molecule is O=C1/C(=C/c2ccc(-c3ccc([N+](=O)[O-])cc3)o2)SC(=S)N1CC1CCCO1. The van der Waals surface area contributed by atoms with E-state index in [0.29, 0.717) is 27.3 Å². The molecular weight excluding hydrogens is 400 g/mol. The minimum absolute atomic E-state index is 0.0189. The van der Waals surface area contributed by atoms with Crippen LogP contribution in [0, 0.1) is 10.1 Å². The second-order valence-electron chi connectivity index (χ2n) is 6.43. The molecule has 144 valence electrons. The van der Waals surface area contributed by atoms with E-state index in [1.165, 1.54) is 23.9 Å². The van der Waals surface area contributed by atoms with Crippen molar-refractivity contribution in [2.45, 2.75) is 18.9 Å². The molecule has 9 heteroatoms. The molecule has 28 heavy (non-hydrogen) atoms. The highest BCUT2D eigenvalue weighted by Crippen LogP contribution is 2.34. The summed E-state index contributed by atoms with van der Waals surface area (Å²) in [5, 5.41) is 10.8. The first-order valence-electron chi connectivity index (χ1n) is 8.73. The largest absolute Gasteiger partial charge is 0.457 e. The van der Waals surface area contributed by atoms with E-state index in [4.69, 9.17) is 21.4 Å². The Morgan fingerprint density at radius 1 is 1.29 bits per heavy atom. The predicted molar refractivity (Wildman–Crippen MR) is 110 cm³/mol. The lowest BCUT2D eigenvalue weighted by molar-refractivity contribution is -0.384. The Bertz CT molecular complexity index is 961. The van der Waals surface area contributed by atoms with Crippen molar-refractivity contribution in [2.75, 3.05) is 13.2 Å². The summed E-state index contributed by atoms with van der Waals surface area (Å²) in [5.74, 6) is 0.945. The molecule has 0 saturated carbocycles. The highest BCUT2D eigenvalue weighted by atomic mass is 32.2. The Morgan fingerprint density at radius 2 is 2.07 bits per heavy atom. The van der Waals surface area contributed by atoms with Gasteiger partial charge in [0, 0.05) is 30.4 Å². The molecule has 2 fully saturated rings. The number of thiocarbonyl (C=S) groups is 1. The van der Waals surface area contributed by atoms with Crippen LogP contribution in [0.25, 0.3) is 17.4 Å². The van der Waals surface area contributed by atoms with E-state index >= 15 is 0 Å². The summed E-state index contributed by atoms with van der Waals surface area (Å²) in [6, 6.07) is 9.62. The first-order chi connectivity index (χ1) is 13.5. The van der Waals surface area contributed by atoms with Gasteiger partial charge in [-0.25, -0.2) is 0 Å². The van der Waals surface area contributed by atoms with Crippen LogP contribution in [0.15, 0.2) is 45.7 Å². The standard InChI is InChI=1S/C19H16N2O5S2/c22-18-17(28-19(27)20(18)11-15-2-1-9-25-15)10-14-7-8-16(26-14)12-3-5-13(6-4-12)21(23)24/h3-8,10,15H,1-2,9,11H2/b17-10-. The topological polar surface area (TPSA) is 85.8 Å². The maximum Gasteiger partial charge on any atom is 0.269 e. The third-order valence-electron chi connectivity index (χ3n) is 4.55. The lowest BCUT2D eigenvalue weighted by Crippen LogP contribution is -2.35. The van der Waals surface area contributed by atoms with Crippen molar-refractivity contribution >= 4 is 46.0 Å². The molecule has 0 radical (unpaired) electrons. The van der Waals surface area contributed by atoms with Crippen molar-refractivity contribution in [3.05, 3.63) is 57.2 Å². The van der Waals surface area contributed by atoms with Gasteiger partial charge >= 0.3 is 0 Å². The van der Waals surface area contributed by atoms with E-state index in [-0.39, 0.29) is 17.7 Å². The minimum Gasteiger partial charge on any atom is -0.457 e. The summed E-state index contributed by atoms with van der Waals surface area (Å²) in [6.07, 6.45) is 3.66. The van der Waals surface area contributed by atoms with Crippen molar-refractivity contribution in [1.82, 2.24) is 4.90 Å². The Hall–Kier alpha value is -2.49. The van der Waals surface area contributed by atoms with Crippen LogP contribution in [0.4, 0.5) is 5.69 Å². The van der Waals surface area contributed by atoms with E-state index in [9.17, 15) is 14.9 Å². The molecule has 7 nitrogen and oxygen atoms in total. The zero-order chi connectivity index (χ0) is 19.7. The molecule has 0 aliphatic carbocycles. The average Bonchev–Trinajstić information content (AvgIpc) is 3.41. The molecule has 1 amide bonds. The van der Waals surface area contributed by atoms with Gasteiger partial charge in [-0.1, -0.05) is 24.0 Å². The Morgan fingerprint density at radius 3 is 2.75 bits per heavy atom. The fraction of sp³-hybridized carbons (Fsp3) is 0.263. The summed E-state index contributed by atoms with van der Waals surface area (Å²) >= 11 is 6.60.